The molecular weight excluding hydrogens is 699 g/mol. The highest BCUT2D eigenvalue weighted by Crippen LogP contribution is 2.44. The molecule has 4 aromatic heterocycles. The monoisotopic (exact) mass is 700 g/mol. The largest absolute Gasteiger partial charge is 0.450 e. The third kappa shape index (κ3) is 2.87. The van der Waals surface area contributed by atoms with Crippen LogP contribution in [0.4, 0.5) is 0 Å². The molecule has 10 nitrogen and oxygen atoms in total. The van der Waals surface area contributed by atoms with Gasteiger partial charge in [-0.3, -0.25) is 0 Å². The van der Waals surface area contributed by atoms with E-state index >= 15 is 0 Å². The lowest BCUT2D eigenvalue weighted by molar-refractivity contribution is 0.647. The van der Waals surface area contributed by atoms with E-state index in [1.54, 1.807) is 6.07 Å². The summed E-state index contributed by atoms with van der Waals surface area (Å²) in [5.41, 5.74) is 3.86. The first-order valence-electron chi connectivity index (χ1n) is 9.64. The Kier molecular flexibility index (Phi) is 4.48. The van der Waals surface area contributed by atoms with Crippen molar-refractivity contribution in [2.75, 3.05) is 0 Å². The second-order valence-electron chi connectivity index (χ2n) is 7.59. The van der Waals surface area contributed by atoms with E-state index in [1.165, 1.54) is 0 Å². The standard InChI is InChI=1S/C20H5Br3Cl2N6O4/c21-4-10-11(31-20(33)30-10)6(23)16-12(4)28-14-8(25)17-13(7(24)18(14)35-16)26-3-1-2-9(29-19(32)27-2)5(22)15(3)34-17/h1,26,28H,(H2,27,29,32). The summed E-state index contributed by atoms with van der Waals surface area (Å²) < 4.78 is 13.8. The van der Waals surface area contributed by atoms with Gasteiger partial charge in [-0.2, -0.15) is 9.97 Å². The van der Waals surface area contributed by atoms with E-state index in [4.69, 9.17) is 32.0 Å². The third-order valence-corrected chi connectivity index (χ3v) is 8.60. The van der Waals surface area contributed by atoms with Gasteiger partial charge in [0.25, 0.3) is 0 Å². The maximum absolute atomic E-state index is 11.8. The number of H-pyrrole nitrogens is 4. The van der Waals surface area contributed by atoms with Crippen molar-refractivity contribution in [2.24, 2.45) is 0 Å². The van der Waals surface area contributed by atoms with Crippen molar-refractivity contribution in [3.63, 3.8) is 0 Å². The van der Waals surface area contributed by atoms with Crippen LogP contribution in [0.15, 0.2) is 37.9 Å². The van der Waals surface area contributed by atoms with Gasteiger partial charge < -0.3 is 28.8 Å². The molecule has 0 atom stereocenters. The minimum Gasteiger partial charge on any atom is -0.450 e. The van der Waals surface area contributed by atoms with Gasteiger partial charge >= 0.3 is 11.4 Å². The molecule has 0 aliphatic carbocycles. The molecule has 35 heavy (non-hydrogen) atoms. The Bertz CT molecular complexity index is 2240. The summed E-state index contributed by atoms with van der Waals surface area (Å²) >= 11 is 24.0. The number of aromatic amines is 4. The molecule has 3 aromatic carbocycles. The van der Waals surface area contributed by atoms with Crippen LogP contribution in [0.25, 0.3) is 66.5 Å². The molecule has 0 aliphatic rings. The van der Waals surface area contributed by atoms with Crippen molar-refractivity contribution < 1.29 is 8.83 Å². The zero-order chi connectivity index (χ0) is 24.3. The van der Waals surface area contributed by atoms with Gasteiger partial charge in [-0.25, -0.2) is 9.59 Å². The summed E-state index contributed by atoms with van der Waals surface area (Å²) in [6.07, 6.45) is 0. The quantitative estimate of drug-likeness (QED) is 0.128. The summed E-state index contributed by atoms with van der Waals surface area (Å²) in [5.74, 6) is 0. The summed E-state index contributed by atoms with van der Waals surface area (Å²) in [6, 6.07) is 1.72. The molecular formula is C20H5Br3Cl2N6O4. The Balaban J connectivity index is 1.68. The molecule has 0 saturated heterocycles. The van der Waals surface area contributed by atoms with E-state index in [0.717, 1.165) is 0 Å². The fourth-order valence-corrected chi connectivity index (χ4v) is 6.36. The SMILES string of the molecule is O=c1nc2c(Br)c3[nH]c4c(Cl)c5oc6c(Br)c7[nH]c(=O)[nH]c7cc6[nH]c5c(Cl)c4oc3c(Br)c2n1. The van der Waals surface area contributed by atoms with Gasteiger partial charge in [-0.05, 0) is 53.9 Å². The van der Waals surface area contributed by atoms with E-state index in [1.807, 2.05) is 0 Å². The number of rotatable bonds is 0. The number of halogens is 5. The average molecular weight is 704 g/mol. The van der Waals surface area contributed by atoms with Crippen LogP contribution in [0, 0.1) is 0 Å². The first kappa shape index (κ1) is 21.7. The highest BCUT2D eigenvalue weighted by atomic mass is 79.9. The van der Waals surface area contributed by atoms with Crippen LogP contribution in [0.1, 0.15) is 0 Å². The van der Waals surface area contributed by atoms with Crippen molar-refractivity contribution in [3.8, 4) is 0 Å². The topological polar surface area (TPSA) is 149 Å². The van der Waals surface area contributed by atoms with Crippen LogP contribution < -0.4 is 11.4 Å². The Labute approximate surface area is 225 Å². The molecule has 0 fully saturated rings. The number of benzene rings is 3. The van der Waals surface area contributed by atoms with Gasteiger partial charge in [-0.1, -0.05) is 23.2 Å². The van der Waals surface area contributed by atoms with Gasteiger partial charge in [-0.15, -0.1) is 0 Å². The van der Waals surface area contributed by atoms with E-state index in [2.05, 4.69) is 77.7 Å². The predicted octanol–water partition coefficient (Wildman–Crippen LogP) is 6.77. The Hall–Kier alpha value is -2.58. The number of imidazole rings is 2. The normalized spacial score (nSPS) is 12.4. The number of hydrogen-bond acceptors (Lipinski definition) is 6. The molecule has 7 aromatic rings. The van der Waals surface area contributed by atoms with Gasteiger partial charge in [0.05, 0.1) is 35.5 Å². The first-order valence-corrected chi connectivity index (χ1v) is 12.8. The van der Waals surface area contributed by atoms with Crippen LogP contribution in [0.2, 0.25) is 10.0 Å². The van der Waals surface area contributed by atoms with Crippen molar-refractivity contribution in [2.45, 2.75) is 0 Å². The molecule has 0 aliphatic heterocycles. The number of fused-ring (bicyclic) bond motifs is 6. The average Bonchev–Trinajstić information content (AvgIpc) is 3.42. The predicted molar refractivity (Wildman–Crippen MR) is 143 cm³/mol. The first-order chi connectivity index (χ1) is 16.7. The van der Waals surface area contributed by atoms with Crippen molar-refractivity contribution >= 4 is 137 Å². The molecule has 0 bridgehead atoms. The van der Waals surface area contributed by atoms with Gasteiger partial charge in [0.1, 0.15) is 32.1 Å². The van der Waals surface area contributed by atoms with E-state index < -0.39 is 5.69 Å². The van der Waals surface area contributed by atoms with E-state index in [0.29, 0.717) is 68.7 Å². The fraction of sp³-hybridized carbons (Fsp3) is 0. The zero-order valence-electron chi connectivity index (χ0n) is 16.5. The smallest absolute Gasteiger partial charge is 0.368 e. The highest BCUT2D eigenvalue weighted by molar-refractivity contribution is 9.11. The maximum atomic E-state index is 11.8. The van der Waals surface area contributed by atoms with Gasteiger partial charge in [0.2, 0.25) is 0 Å². The van der Waals surface area contributed by atoms with Crippen LogP contribution in [-0.2, 0) is 0 Å². The van der Waals surface area contributed by atoms with Crippen LogP contribution >= 0.6 is 71.0 Å². The number of nitrogens with zero attached hydrogens (tertiary/aromatic N) is 2. The second-order valence-corrected chi connectivity index (χ2v) is 10.7. The fourth-order valence-electron chi connectivity index (χ4n) is 4.11. The highest BCUT2D eigenvalue weighted by Gasteiger charge is 2.23. The molecule has 174 valence electrons. The number of aromatic nitrogens is 6. The van der Waals surface area contributed by atoms with Crippen molar-refractivity contribution in [3.05, 3.63) is 50.5 Å². The van der Waals surface area contributed by atoms with Crippen molar-refractivity contribution in [1.82, 2.24) is 29.9 Å². The van der Waals surface area contributed by atoms with Crippen LogP contribution in [0.3, 0.4) is 0 Å². The van der Waals surface area contributed by atoms with E-state index in [9.17, 15) is 9.59 Å². The molecule has 0 unspecified atom stereocenters. The lowest BCUT2D eigenvalue weighted by Gasteiger charge is -2.13. The molecule has 0 spiro atoms. The Morgan fingerprint density at radius 1 is 0.657 bits per heavy atom. The molecule has 4 heterocycles. The second kappa shape index (κ2) is 7.23. The maximum Gasteiger partial charge on any atom is 0.368 e. The van der Waals surface area contributed by atoms with Gasteiger partial charge in [0.15, 0.2) is 22.3 Å². The lowest BCUT2D eigenvalue weighted by atomic mass is 10.2. The lowest BCUT2D eigenvalue weighted by Crippen LogP contribution is -1.99. The minimum atomic E-state index is -0.619. The summed E-state index contributed by atoms with van der Waals surface area (Å²) in [4.78, 5) is 43.4. The molecule has 0 saturated carbocycles. The molecule has 7 rings (SSSR count). The summed E-state index contributed by atoms with van der Waals surface area (Å²) in [6.45, 7) is 0. The number of hydrogen-bond donors (Lipinski definition) is 4. The Morgan fingerprint density at radius 2 is 1.29 bits per heavy atom. The van der Waals surface area contributed by atoms with Gasteiger partial charge in [0, 0.05) is 0 Å². The van der Waals surface area contributed by atoms with Crippen LogP contribution in [-0.4, -0.2) is 29.9 Å². The molecule has 0 radical (unpaired) electrons. The number of nitrogens with one attached hydrogen (secondary N) is 4. The van der Waals surface area contributed by atoms with Crippen LogP contribution in [0.5, 0.6) is 0 Å². The van der Waals surface area contributed by atoms with Crippen molar-refractivity contribution in [1.29, 1.82) is 0 Å². The molecule has 4 N–H and O–H groups in total. The minimum absolute atomic E-state index is 0.194. The molecule has 0 amide bonds. The summed E-state index contributed by atoms with van der Waals surface area (Å²) in [7, 11) is 0. The molecule has 15 heteroatoms. The van der Waals surface area contributed by atoms with E-state index in [-0.39, 0.29) is 26.9 Å². The Morgan fingerprint density at radius 3 is 2.00 bits per heavy atom. The summed E-state index contributed by atoms with van der Waals surface area (Å²) in [5, 5.41) is 0.391. The zero-order valence-corrected chi connectivity index (χ0v) is 22.8. The third-order valence-electron chi connectivity index (χ3n) is 5.62.